The molecule has 1 aliphatic rings. The first-order valence-corrected chi connectivity index (χ1v) is 10.7. The first-order chi connectivity index (χ1) is 13.1. The number of hydrogen-bond acceptors (Lipinski definition) is 4. The molecule has 27 heavy (non-hydrogen) atoms. The molecule has 0 unspecified atom stereocenters. The van der Waals surface area contributed by atoms with Crippen LogP contribution < -0.4 is 5.32 Å². The molecule has 1 fully saturated rings. The lowest BCUT2D eigenvalue weighted by Gasteiger charge is -2.35. The highest BCUT2D eigenvalue weighted by atomic mass is 32.1. The summed E-state index contributed by atoms with van der Waals surface area (Å²) in [5.74, 6) is -0.301. The van der Waals surface area contributed by atoms with Gasteiger partial charge in [-0.05, 0) is 57.0 Å². The number of carbonyl (C=O) groups is 1. The third-order valence-corrected chi connectivity index (χ3v) is 6.17. The largest absolute Gasteiger partial charge is 0.462 e. The molecule has 0 radical (unpaired) electrons. The van der Waals surface area contributed by atoms with E-state index in [1.807, 2.05) is 31.2 Å². The predicted octanol–water partition coefficient (Wildman–Crippen LogP) is 5.09. The fourth-order valence-corrected chi connectivity index (χ4v) is 4.86. The van der Waals surface area contributed by atoms with E-state index in [-0.39, 0.29) is 5.97 Å². The van der Waals surface area contributed by atoms with Crippen molar-refractivity contribution in [2.24, 2.45) is 0 Å². The second-order valence-corrected chi connectivity index (χ2v) is 8.33. The minimum Gasteiger partial charge on any atom is -0.462 e. The lowest BCUT2D eigenvalue weighted by atomic mass is 10.0. The maximum Gasteiger partial charge on any atom is 0.341 e. The van der Waals surface area contributed by atoms with Crippen molar-refractivity contribution in [3.63, 3.8) is 0 Å². The Morgan fingerprint density at radius 2 is 2.11 bits per heavy atom. The van der Waals surface area contributed by atoms with E-state index < -0.39 is 0 Å². The predicted molar refractivity (Wildman–Crippen MR) is 116 cm³/mol. The average Bonchev–Trinajstić information content (AvgIpc) is 3.05. The molecular weight excluding hydrogens is 376 g/mol. The van der Waals surface area contributed by atoms with Gasteiger partial charge in [0.15, 0.2) is 5.11 Å². The molecule has 4 nitrogen and oxygen atoms in total. The van der Waals surface area contributed by atoms with Crippen molar-refractivity contribution in [2.75, 3.05) is 18.5 Å². The SMILES string of the molecule is CCOC(=O)c1cc(Cc2ccccc2)sc1NC(=S)N1CCCC[C@H]1C. The smallest absolute Gasteiger partial charge is 0.341 e. The highest BCUT2D eigenvalue weighted by Crippen LogP contribution is 2.31. The monoisotopic (exact) mass is 402 g/mol. The van der Waals surface area contributed by atoms with Crippen LogP contribution in [-0.4, -0.2) is 35.2 Å². The van der Waals surface area contributed by atoms with Gasteiger partial charge in [0.1, 0.15) is 5.00 Å². The van der Waals surface area contributed by atoms with Gasteiger partial charge in [-0.25, -0.2) is 4.79 Å². The lowest BCUT2D eigenvalue weighted by molar-refractivity contribution is 0.0528. The molecule has 0 saturated carbocycles. The van der Waals surface area contributed by atoms with Gasteiger partial charge in [-0.2, -0.15) is 0 Å². The quantitative estimate of drug-likeness (QED) is 0.557. The number of esters is 1. The van der Waals surface area contributed by atoms with E-state index in [0.29, 0.717) is 23.3 Å². The van der Waals surface area contributed by atoms with Crippen LogP contribution in [0.15, 0.2) is 36.4 Å². The number of thiocarbonyl (C=S) groups is 1. The highest BCUT2D eigenvalue weighted by molar-refractivity contribution is 7.80. The number of thiophene rings is 1. The fourth-order valence-electron chi connectivity index (χ4n) is 3.35. The number of nitrogens with one attached hydrogen (secondary N) is 1. The number of piperidine rings is 1. The van der Waals surface area contributed by atoms with Gasteiger partial charge >= 0.3 is 5.97 Å². The molecule has 1 aromatic heterocycles. The van der Waals surface area contributed by atoms with E-state index in [4.69, 9.17) is 17.0 Å². The number of nitrogens with zero attached hydrogens (tertiary/aromatic N) is 1. The van der Waals surface area contributed by atoms with Crippen molar-refractivity contribution >= 4 is 39.6 Å². The molecule has 1 aliphatic heterocycles. The zero-order valence-corrected chi connectivity index (χ0v) is 17.5. The molecular formula is C21H26N2O2S2. The van der Waals surface area contributed by atoms with Crippen molar-refractivity contribution in [1.29, 1.82) is 0 Å². The summed E-state index contributed by atoms with van der Waals surface area (Å²) >= 11 is 7.23. The number of anilines is 1. The molecule has 1 N–H and O–H groups in total. The van der Waals surface area contributed by atoms with Crippen molar-refractivity contribution < 1.29 is 9.53 Å². The maximum atomic E-state index is 12.4. The maximum absolute atomic E-state index is 12.4. The van der Waals surface area contributed by atoms with E-state index in [1.54, 1.807) is 11.3 Å². The molecule has 3 rings (SSSR count). The molecule has 0 aliphatic carbocycles. The third kappa shape index (κ3) is 5.08. The second kappa shape index (κ2) is 9.33. The van der Waals surface area contributed by atoms with E-state index in [9.17, 15) is 4.79 Å². The molecule has 1 aromatic carbocycles. The van der Waals surface area contributed by atoms with Gasteiger partial charge in [-0.15, -0.1) is 11.3 Å². The first-order valence-electron chi connectivity index (χ1n) is 9.50. The fraction of sp³-hybridized carbons (Fsp3) is 0.429. The summed E-state index contributed by atoms with van der Waals surface area (Å²) in [6.07, 6.45) is 4.33. The summed E-state index contributed by atoms with van der Waals surface area (Å²) in [6, 6.07) is 12.6. The molecule has 2 aromatic rings. The number of carbonyl (C=O) groups excluding carboxylic acids is 1. The molecule has 0 spiro atoms. The number of likely N-dealkylation sites (tertiary alicyclic amines) is 1. The minimum atomic E-state index is -0.301. The molecule has 1 saturated heterocycles. The topological polar surface area (TPSA) is 41.6 Å². The Hall–Kier alpha value is -1.92. The van der Waals surface area contributed by atoms with Crippen molar-refractivity contribution in [2.45, 2.75) is 45.6 Å². The highest BCUT2D eigenvalue weighted by Gasteiger charge is 2.24. The van der Waals surface area contributed by atoms with E-state index in [0.717, 1.165) is 35.7 Å². The second-order valence-electron chi connectivity index (χ2n) is 6.81. The van der Waals surface area contributed by atoms with Crippen LogP contribution in [0.4, 0.5) is 5.00 Å². The average molecular weight is 403 g/mol. The third-order valence-electron chi connectivity index (χ3n) is 4.78. The summed E-state index contributed by atoms with van der Waals surface area (Å²) < 4.78 is 5.25. The Bertz CT molecular complexity index is 789. The number of ether oxygens (including phenoxy) is 1. The molecule has 0 bridgehead atoms. The number of rotatable bonds is 5. The van der Waals surface area contributed by atoms with Gasteiger partial charge in [-0.1, -0.05) is 30.3 Å². The summed E-state index contributed by atoms with van der Waals surface area (Å²) in [7, 11) is 0. The Labute approximate surface area is 170 Å². The van der Waals surface area contributed by atoms with E-state index >= 15 is 0 Å². The summed E-state index contributed by atoms with van der Waals surface area (Å²) in [5, 5.41) is 4.81. The van der Waals surface area contributed by atoms with Gasteiger partial charge in [-0.3, -0.25) is 0 Å². The Balaban J connectivity index is 1.81. The van der Waals surface area contributed by atoms with Crippen molar-refractivity contribution in [3.8, 4) is 0 Å². The van der Waals surface area contributed by atoms with Gasteiger partial charge < -0.3 is 15.0 Å². The van der Waals surface area contributed by atoms with Gasteiger partial charge in [0.05, 0.1) is 12.2 Å². The van der Waals surface area contributed by atoms with E-state index in [1.165, 1.54) is 12.0 Å². The summed E-state index contributed by atoms with van der Waals surface area (Å²) in [4.78, 5) is 15.8. The minimum absolute atomic E-state index is 0.301. The van der Waals surface area contributed by atoms with Crippen LogP contribution in [-0.2, 0) is 11.2 Å². The summed E-state index contributed by atoms with van der Waals surface area (Å²) in [5.41, 5.74) is 1.78. The lowest BCUT2D eigenvalue weighted by Crippen LogP contribution is -2.44. The zero-order valence-electron chi connectivity index (χ0n) is 15.9. The van der Waals surface area contributed by atoms with Gasteiger partial charge in [0.25, 0.3) is 0 Å². The van der Waals surface area contributed by atoms with Crippen molar-refractivity contribution in [3.05, 3.63) is 52.4 Å². The van der Waals surface area contributed by atoms with Crippen LogP contribution in [0.5, 0.6) is 0 Å². The molecule has 2 heterocycles. The van der Waals surface area contributed by atoms with Gasteiger partial charge in [0, 0.05) is 23.9 Å². The first kappa shape index (κ1) is 19.8. The zero-order chi connectivity index (χ0) is 19.2. The van der Waals surface area contributed by atoms with Crippen LogP contribution in [0.1, 0.15) is 53.9 Å². The molecule has 0 amide bonds. The number of benzene rings is 1. The Kier molecular flexibility index (Phi) is 6.85. The normalized spacial score (nSPS) is 16.8. The number of hydrogen-bond donors (Lipinski definition) is 1. The van der Waals surface area contributed by atoms with Crippen LogP contribution in [0, 0.1) is 0 Å². The van der Waals surface area contributed by atoms with Crippen molar-refractivity contribution in [1.82, 2.24) is 4.90 Å². The standard InChI is InChI=1S/C21H26N2O2S2/c1-3-25-20(24)18-14-17(13-16-10-5-4-6-11-16)27-19(18)22-21(26)23-12-8-7-9-15(23)2/h4-6,10-11,14-15H,3,7-9,12-13H2,1-2H3,(H,22,26)/t15-/m1/s1. The Morgan fingerprint density at radius 3 is 2.81 bits per heavy atom. The van der Waals surface area contributed by atoms with Crippen LogP contribution in [0.25, 0.3) is 0 Å². The molecule has 144 valence electrons. The molecule has 6 heteroatoms. The summed E-state index contributed by atoms with van der Waals surface area (Å²) in [6.45, 7) is 5.34. The van der Waals surface area contributed by atoms with Crippen LogP contribution >= 0.6 is 23.6 Å². The Morgan fingerprint density at radius 1 is 1.33 bits per heavy atom. The van der Waals surface area contributed by atoms with Crippen LogP contribution in [0.3, 0.4) is 0 Å². The van der Waals surface area contributed by atoms with Crippen LogP contribution in [0.2, 0.25) is 0 Å². The van der Waals surface area contributed by atoms with E-state index in [2.05, 4.69) is 29.3 Å². The molecule has 1 atom stereocenters. The van der Waals surface area contributed by atoms with Gasteiger partial charge in [0.2, 0.25) is 0 Å².